The normalized spacial score (nSPS) is 18.3. The highest BCUT2D eigenvalue weighted by molar-refractivity contribution is 8.00. The molecular formula is C37H31N3O5S2. The zero-order chi connectivity index (χ0) is 32.5. The van der Waals surface area contributed by atoms with Crippen LogP contribution < -0.4 is 14.4 Å². The number of Topliss-reactive ketones (excluding diaryl/α,β-unsaturated/α-hetero) is 1. The highest BCUT2D eigenvalue weighted by atomic mass is 32.2. The van der Waals surface area contributed by atoms with Gasteiger partial charge in [-0.15, -0.1) is 10.2 Å². The molecule has 7 rings (SSSR count). The zero-order valence-corrected chi connectivity index (χ0v) is 27.4. The van der Waals surface area contributed by atoms with Crippen molar-refractivity contribution in [3.05, 3.63) is 136 Å². The second kappa shape index (κ2) is 13.1. The number of carbonyl (C=O) groups is 2. The summed E-state index contributed by atoms with van der Waals surface area (Å²) in [6.07, 6.45) is 0.699. The Labute approximate surface area is 280 Å². The highest BCUT2D eigenvalue weighted by Crippen LogP contribution is 2.45. The minimum atomic E-state index is -0.957. The van der Waals surface area contributed by atoms with Crippen molar-refractivity contribution in [3.8, 4) is 11.5 Å². The Balaban J connectivity index is 1.25. The fourth-order valence-corrected chi connectivity index (χ4v) is 7.60. The number of aromatic nitrogens is 2. The molecule has 0 aliphatic carbocycles. The number of hydrogen-bond donors (Lipinski definition) is 1. The number of aryl methyl sites for hydroxylation is 1. The maximum atomic E-state index is 13.8. The maximum Gasteiger partial charge on any atom is 0.301 e. The van der Waals surface area contributed by atoms with Gasteiger partial charge in [0.2, 0.25) is 5.13 Å². The molecule has 1 fully saturated rings. The number of ketones is 1. The van der Waals surface area contributed by atoms with Crippen molar-refractivity contribution < 1.29 is 24.2 Å². The van der Waals surface area contributed by atoms with E-state index in [9.17, 15) is 14.7 Å². The molecule has 1 saturated heterocycles. The first-order valence-corrected chi connectivity index (χ1v) is 17.0. The third-order valence-electron chi connectivity index (χ3n) is 8.12. The summed E-state index contributed by atoms with van der Waals surface area (Å²) in [5.41, 5.74) is 5.27. The molecule has 1 amide bonds. The molecule has 1 aromatic heterocycles. The Morgan fingerprint density at radius 2 is 1.79 bits per heavy atom. The molecule has 2 atom stereocenters. The number of benzene rings is 4. The average Bonchev–Trinajstić information content (AvgIpc) is 3.78. The number of aliphatic hydroxyl groups excluding tert-OH is 1. The number of hydrogen-bond acceptors (Lipinski definition) is 9. The first kappa shape index (κ1) is 30.7. The van der Waals surface area contributed by atoms with E-state index >= 15 is 0 Å². The summed E-state index contributed by atoms with van der Waals surface area (Å²) in [4.78, 5) is 28.9. The van der Waals surface area contributed by atoms with Gasteiger partial charge in [-0.2, -0.15) is 0 Å². The summed E-state index contributed by atoms with van der Waals surface area (Å²) in [5, 5.41) is 20.7. The van der Waals surface area contributed by atoms with E-state index in [1.54, 1.807) is 18.2 Å². The van der Waals surface area contributed by atoms with Gasteiger partial charge >= 0.3 is 5.91 Å². The van der Waals surface area contributed by atoms with Crippen molar-refractivity contribution >= 4 is 45.7 Å². The van der Waals surface area contributed by atoms with Gasteiger partial charge in [0.1, 0.15) is 30.0 Å². The predicted molar refractivity (Wildman–Crippen MR) is 183 cm³/mol. The number of fused-ring (bicyclic) bond motifs is 1. The smallest absolute Gasteiger partial charge is 0.301 e. The predicted octanol–water partition coefficient (Wildman–Crippen LogP) is 7.67. The lowest BCUT2D eigenvalue weighted by Gasteiger charge is -2.23. The summed E-state index contributed by atoms with van der Waals surface area (Å²) in [5.74, 6) is 0.158. The van der Waals surface area contributed by atoms with Gasteiger partial charge in [0.25, 0.3) is 5.78 Å². The lowest BCUT2D eigenvalue weighted by atomic mass is 9.94. The summed E-state index contributed by atoms with van der Waals surface area (Å²) in [7, 11) is 0. The van der Waals surface area contributed by atoms with Gasteiger partial charge in [0, 0.05) is 17.7 Å². The van der Waals surface area contributed by atoms with Crippen molar-refractivity contribution in [1.29, 1.82) is 0 Å². The molecular weight excluding hydrogens is 631 g/mol. The van der Waals surface area contributed by atoms with E-state index in [2.05, 4.69) is 34.5 Å². The molecule has 3 heterocycles. The molecule has 2 aliphatic heterocycles. The van der Waals surface area contributed by atoms with Crippen molar-refractivity contribution in [1.82, 2.24) is 10.2 Å². The van der Waals surface area contributed by atoms with E-state index in [1.165, 1.54) is 33.6 Å². The van der Waals surface area contributed by atoms with E-state index < -0.39 is 17.7 Å². The van der Waals surface area contributed by atoms with E-state index in [4.69, 9.17) is 9.47 Å². The Hall–Kier alpha value is -4.93. The van der Waals surface area contributed by atoms with Gasteiger partial charge < -0.3 is 14.6 Å². The molecule has 8 nitrogen and oxygen atoms in total. The lowest BCUT2D eigenvalue weighted by Crippen LogP contribution is -2.29. The number of nitrogens with zero attached hydrogens (tertiary/aromatic N) is 3. The van der Waals surface area contributed by atoms with Crippen LogP contribution >= 0.6 is 23.1 Å². The van der Waals surface area contributed by atoms with Gasteiger partial charge in [0.15, 0.2) is 4.34 Å². The second-order valence-corrected chi connectivity index (χ2v) is 13.8. The third kappa shape index (κ3) is 6.39. The molecule has 5 aromatic rings. The summed E-state index contributed by atoms with van der Waals surface area (Å²) in [6, 6.07) is 29.7. The van der Waals surface area contributed by atoms with Crippen LogP contribution in [0.4, 0.5) is 5.13 Å². The fourth-order valence-electron chi connectivity index (χ4n) is 5.77. The molecule has 0 bridgehead atoms. The van der Waals surface area contributed by atoms with Crippen LogP contribution in [-0.4, -0.2) is 33.1 Å². The molecule has 0 spiro atoms. The number of carbonyl (C=O) groups excluding carboxylic acids is 2. The monoisotopic (exact) mass is 661 g/mol. The Morgan fingerprint density at radius 3 is 2.60 bits per heavy atom. The van der Waals surface area contributed by atoms with Crippen molar-refractivity contribution in [2.24, 2.45) is 0 Å². The molecule has 2 aliphatic rings. The molecule has 0 saturated carbocycles. The number of amides is 1. The minimum absolute atomic E-state index is 0.0158. The van der Waals surface area contributed by atoms with Gasteiger partial charge in [-0.05, 0) is 66.4 Å². The molecule has 4 aromatic carbocycles. The molecule has 10 heteroatoms. The largest absolute Gasteiger partial charge is 0.507 e. The highest BCUT2D eigenvalue weighted by Gasteiger charge is 2.48. The fraction of sp³-hybridized carbons (Fsp3) is 0.189. The van der Waals surface area contributed by atoms with Gasteiger partial charge in [-0.25, -0.2) is 0 Å². The van der Waals surface area contributed by atoms with Crippen LogP contribution in [0.15, 0.2) is 107 Å². The quantitative estimate of drug-likeness (QED) is 0.0565. The molecule has 236 valence electrons. The summed E-state index contributed by atoms with van der Waals surface area (Å²) < 4.78 is 12.6. The number of rotatable bonds is 9. The van der Waals surface area contributed by atoms with Crippen molar-refractivity contribution in [2.45, 2.75) is 49.1 Å². The van der Waals surface area contributed by atoms with Crippen LogP contribution in [0.3, 0.4) is 0 Å². The maximum absolute atomic E-state index is 13.8. The minimum Gasteiger partial charge on any atom is -0.507 e. The van der Waals surface area contributed by atoms with Crippen LogP contribution in [-0.2, 0) is 28.4 Å². The number of thioether (sulfide) groups is 1. The van der Waals surface area contributed by atoms with E-state index in [0.717, 1.165) is 22.4 Å². The van der Waals surface area contributed by atoms with Gasteiger partial charge in [0.05, 0.1) is 11.6 Å². The van der Waals surface area contributed by atoms with Gasteiger partial charge in [-0.1, -0.05) is 95.4 Å². The third-order valence-corrected chi connectivity index (χ3v) is 10.2. The molecule has 1 N–H and O–H groups in total. The standard InChI is InChI=1S/C37H31N3O5S2/c1-22-11-13-25(14-12-22)21-46-37-39-38-36(47-37)40-32(26-9-6-10-29(19-26)44-20-24-7-4-3-5-8-24)31(34(42)35(40)43)33(41)27-15-16-30-28(18-27)17-23(2)45-30/h3-16,18-19,23,32,41H,17,20-21H2,1-2H3/b33-31+/t23-,32-/m0/s1. The van der Waals surface area contributed by atoms with Crippen LogP contribution in [0, 0.1) is 6.92 Å². The van der Waals surface area contributed by atoms with E-state index in [-0.39, 0.29) is 22.6 Å². The van der Waals surface area contributed by atoms with Crippen LogP contribution in [0.2, 0.25) is 0 Å². The topological polar surface area (TPSA) is 102 Å². The van der Waals surface area contributed by atoms with Crippen molar-refractivity contribution in [2.75, 3.05) is 4.90 Å². The SMILES string of the molecule is Cc1ccc(CSc2nnc(N3C(=O)C(=O)/C(=C(/O)c4ccc5c(c4)C[C@H](C)O5)[C@@H]3c3cccc(OCc4ccccc4)c3)s2)cc1. The first-order valence-electron chi connectivity index (χ1n) is 15.2. The second-order valence-electron chi connectivity index (χ2n) is 11.6. The van der Waals surface area contributed by atoms with Crippen LogP contribution in [0.5, 0.6) is 11.5 Å². The molecule has 47 heavy (non-hydrogen) atoms. The molecule has 0 radical (unpaired) electrons. The zero-order valence-electron chi connectivity index (χ0n) is 25.8. The lowest BCUT2D eigenvalue weighted by molar-refractivity contribution is -0.132. The Bertz CT molecular complexity index is 1990. The number of ether oxygens (including phenoxy) is 2. The van der Waals surface area contributed by atoms with E-state index in [0.29, 0.717) is 40.0 Å². The molecule has 0 unspecified atom stereocenters. The van der Waals surface area contributed by atoms with E-state index in [1.807, 2.05) is 68.4 Å². The number of anilines is 1. The Morgan fingerprint density at radius 1 is 0.979 bits per heavy atom. The average molecular weight is 662 g/mol. The summed E-state index contributed by atoms with van der Waals surface area (Å²) in [6.45, 7) is 4.37. The van der Waals surface area contributed by atoms with Crippen molar-refractivity contribution in [3.63, 3.8) is 0 Å². The van der Waals surface area contributed by atoms with Gasteiger partial charge in [-0.3, -0.25) is 14.5 Å². The van der Waals surface area contributed by atoms with Crippen LogP contribution in [0.1, 0.15) is 46.3 Å². The summed E-state index contributed by atoms with van der Waals surface area (Å²) >= 11 is 2.75. The number of aliphatic hydroxyl groups is 1. The first-order chi connectivity index (χ1) is 22.8. The Kier molecular flexibility index (Phi) is 8.53. The van der Waals surface area contributed by atoms with Crippen LogP contribution in [0.25, 0.3) is 5.76 Å².